The minimum absolute atomic E-state index is 0.104. The van der Waals surface area contributed by atoms with E-state index in [0.29, 0.717) is 27.9 Å². The molecule has 28 heavy (non-hydrogen) atoms. The van der Waals surface area contributed by atoms with Crippen LogP contribution in [-0.2, 0) is 0 Å². The minimum atomic E-state index is -0.649. The van der Waals surface area contributed by atoms with E-state index in [1.54, 1.807) is 36.2 Å². The van der Waals surface area contributed by atoms with Gasteiger partial charge in [-0.2, -0.15) is 0 Å². The van der Waals surface area contributed by atoms with Crippen LogP contribution in [0.4, 0.5) is 4.39 Å². The molecule has 0 amide bonds. The standard InChI is InChI=1S/C20H21FN6O/c1-23-10-13-8-12(9-16(21)18(13)22)19-25-11-15-17(26-19)4-7-27(20(15)28)14-2-5-24-6-3-14/h4,7-11,14,22-24H,2-3,5-6H2,1H3/b13-10-,22-18?. The summed E-state index contributed by atoms with van der Waals surface area (Å²) in [7, 11) is 1.68. The zero-order chi connectivity index (χ0) is 19.7. The lowest BCUT2D eigenvalue weighted by molar-refractivity contribution is 0.362. The van der Waals surface area contributed by atoms with Gasteiger partial charge >= 0.3 is 0 Å². The first-order valence-corrected chi connectivity index (χ1v) is 9.23. The highest BCUT2D eigenvalue weighted by atomic mass is 19.1. The van der Waals surface area contributed by atoms with Crippen molar-refractivity contribution in [3.05, 3.63) is 64.4 Å². The zero-order valence-corrected chi connectivity index (χ0v) is 15.5. The maximum Gasteiger partial charge on any atom is 0.261 e. The van der Waals surface area contributed by atoms with Crippen molar-refractivity contribution in [3.8, 4) is 0 Å². The fourth-order valence-electron chi connectivity index (χ4n) is 3.58. The van der Waals surface area contributed by atoms with Crippen molar-refractivity contribution in [2.24, 2.45) is 0 Å². The molecule has 2 aliphatic rings. The molecule has 0 aromatic carbocycles. The first-order chi connectivity index (χ1) is 13.6. The van der Waals surface area contributed by atoms with Gasteiger partial charge in [-0.1, -0.05) is 0 Å². The molecule has 0 spiro atoms. The van der Waals surface area contributed by atoms with Gasteiger partial charge in [0, 0.05) is 42.8 Å². The van der Waals surface area contributed by atoms with Crippen LogP contribution < -0.4 is 16.2 Å². The van der Waals surface area contributed by atoms with Gasteiger partial charge in [-0.3, -0.25) is 10.2 Å². The molecule has 1 fully saturated rings. The average molecular weight is 380 g/mol. The molecule has 144 valence electrons. The SMILES string of the molecule is CN/C=C1/C=C(c2ncc3c(=O)n(C4CCNCC4)ccc3n2)C=C(F)C1=N. The van der Waals surface area contributed by atoms with Crippen molar-refractivity contribution in [3.63, 3.8) is 0 Å². The summed E-state index contributed by atoms with van der Waals surface area (Å²) in [6, 6.07) is 1.98. The third-order valence-electron chi connectivity index (χ3n) is 5.06. The monoisotopic (exact) mass is 380 g/mol. The van der Waals surface area contributed by atoms with Crippen LogP contribution in [0, 0.1) is 5.41 Å². The fraction of sp³-hybridized carbons (Fsp3) is 0.300. The van der Waals surface area contributed by atoms with Gasteiger partial charge < -0.3 is 15.2 Å². The van der Waals surface area contributed by atoms with E-state index in [1.165, 1.54) is 12.3 Å². The molecule has 1 saturated heterocycles. The lowest BCUT2D eigenvalue weighted by Crippen LogP contribution is -2.34. The topological polar surface area (TPSA) is 95.7 Å². The summed E-state index contributed by atoms with van der Waals surface area (Å²) in [5.74, 6) is -0.333. The minimum Gasteiger partial charge on any atom is -0.393 e. The highest BCUT2D eigenvalue weighted by molar-refractivity contribution is 6.15. The largest absolute Gasteiger partial charge is 0.393 e. The lowest BCUT2D eigenvalue weighted by Gasteiger charge is -2.24. The molecular formula is C20H21FN6O. The van der Waals surface area contributed by atoms with Gasteiger partial charge in [0.25, 0.3) is 5.56 Å². The average Bonchev–Trinajstić information content (AvgIpc) is 2.72. The number of halogens is 1. The van der Waals surface area contributed by atoms with E-state index in [9.17, 15) is 9.18 Å². The maximum absolute atomic E-state index is 14.1. The molecule has 0 saturated carbocycles. The Bertz CT molecular complexity index is 1090. The lowest BCUT2D eigenvalue weighted by atomic mass is 9.99. The Labute approximate surface area is 161 Å². The van der Waals surface area contributed by atoms with Crippen LogP contribution in [0.2, 0.25) is 0 Å². The van der Waals surface area contributed by atoms with Crippen LogP contribution >= 0.6 is 0 Å². The Morgan fingerprint density at radius 2 is 2.14 bits per heavy atom. The molecule has 1 aliphatic carbocycles. The van der Waals surface area contributed by atoms with Crippen molar-refractivity contribution < 1.29 is 4.39 Å². The summed E-state index contributed by atoms with van der Waals surface area (Å²) in [6.45, 7) is 1.79. The van der Waals surface area contributed by atoms with Crippen molar-refractivity contribution in [2.75, 3.05) is 20.1 Å². The van der Waals surface area contributed by atoms with E-state index in [0.717, 1.165) is 25.9 Å². The summed E-state index contributed by atoms with van der Waals surface area (Å²) in [4.78, 5) is 21.6. The van der Waals surface area contributed by atoms with Gasteiger partial charge in [-0.25, -0.2) is 14.4 Å². The number of rotatable bonds is 3. The Morgan fingerprint density at radius 1 is 1.36 bits per heavy atom. The van der Waals surface area contributed by atoms with Crippen LogP contribution in [0.1, 0.15) is 24.7 Å². The normalized spacial score (nSPS) is 19.6. The summed E-state index contributed by atoms with van der Waals surface area (Å²) < 4.78 is 15.9. The predicted molar refractivity (Wildman–Crippen MR) is 107 cm³/mol. The zero-order valence-electron chi connectivity index (χ0n) is 15.5. The molecule has 0 unspecified atom stereocenters. The third kappa shape index (κ3) is 3.27. The highest BCUT2D eigenvalue weighted by Crippen LogP contribution is 2.26. The molecule has 7 nitrogen and oxygen atoms in total. The summed E-state index contributed by atoms with van der Waals surface area (Å²) in [5, 5.41) is 14.4. The number of allylic oxidation sites excluding steroid dienone is 5. The molecule has 4 rings (SSSR count). The Hall–Kier alpha value is -3.13. The number of hydrogen-bond acceptors (Lipinski definition) is 6. The molecular weight excluding hydrogens is 359 g/mol. The first-order valence-electron chi connectivity index (χ1n) is 9.23. The molecule has 8 heteroatoms. The summed E-state index contributed by atoms with van der Waals surface area (Å²) >= 11 is 0. The molecule has 0 atom stereocenters. The highest BCUT2D eigenvalue weighted by Gasteiger charge is 2.20. The van der Waals surface area contributed by atoms with E-state index in [1.807, 2.05) is 0 Å². The van der Waals surface area contributed by atoms with Gasteiger partial charge in [0.15, 0.2) is 5.82 Å². The van der Waals surface area contributed by atoms with Crippen molar-refractivity contribution >= 4 is 22.2 Å². The number of pyridine rings is 1. The smallest absolute Gasteiger partial charge is 0.261 e. The van der Waals surface area contributed by atoms with E-state index in [2.05, 4.69) is 20.6 Å². The molecule has 0 radical (unpaired) electrons. The maximum atomic E-state index is 14.1. The Kier molecular flexibility index (Phi) is 4.87. The number of fused-ring (bicyclic) bond motifs is 1. The van der Waals surface area contributed by atoms with Gasteiger partial charge in [-0.05, 0) is 44.1 Å². The van der Waals surface area contributed by atoms with E-state index in [4.69, 9.17) is 5.41 Å². The van der Waals surface area contributed by atoms with E-state index >= 15 is 0 Å². The second kappa shape index (κ2) is 7.47. The van der Waals surface area contributed by atoms with Crippen molar-refractivity contribution in [1.29, 1.82) is 5.41 Å². The molecule has 2 aromatic heterocycles. The number of hydrogen-bond donors (Lipinski definition) is 3. The van der Waals surface area contributed by atoms with Crippen LogP contribution in [0.5, 0.6) is 0 Å². The van der Waals surface area contributed by atoms with Crippen LogP contribution in [-0.4, -0.2) is 40.4 Å². The Morgan fingerprint density at radius 3 is 2.89 bits per heavy atom. The molecule has 3 heterocycles. The quantitative estimate of drug-likeness (QED) is 0.758. The Balaban J connectivity index is 1.75. The van der Waals surface area contributed by atoms with Crippen molar-refractivity contribution in [2.45, 2.75) is 18.9 Å². The second-order valence-corrected chi connectivity index (χ2v) is 6.86. The molecule has 2 aromatic rings. The number of nitrogens with zero attached hydrogens (tertiary/aromatic N) is 3. The third-order valence-corrected chi connectivity index (χ3v) is 5.06. The van der Waals surface area contributed by atoms with E-state index in [-0.39, 0.29) is 17.3 Å². The van der Waals surface area contributed by atoms with E-state index < -0.39 is 5.83 Å². The molecule has 1 aliphatic heterocycles. The van der Waals surface area contributed by atoms with Gasteiger partial charge in [-0.15, -0.1) is 0 Å². The summed E-state index contributed by atoms with van der Waals surface area (Å²) in [5.41, 5.74) is 1.09. The van der Waals surface area contributed by atoms with Crippen LogP contribution in [0.15, 0.2) is 53.0 Å². The van der Waals surface area contributed by atoms with Crippen LogP contribution in [0.25, 0.3) is 16.5 Å². The molecule has 3 N–H and O–H groups in total. The number of piperidine rings is 1. The number of nitrogens with one attached hydrogen (secondary N) is 3. The van der Waals surface area contributed by atoms with Gasteiger partial charge in [0.2, 0.25) is 0 Å². The molecule has 0 bridgehead atoms. The number of aromatic nitrogens is 3. The fourth-order valence-corrected chi connectivity index (χ4v) is 3.58. The van der Waals surface area contributed by atoms with Crippen molar-refractivity contribution in [1.82, 2.24) is 25.2 Å². The van der Waals surface area contributed by atoms with Gasteiger partial charge in [0.1, 0.15) is 5.83 Å². The first kappa shape index (κ1) is 18.2. The second-order valence-electron chi connectivity index (χ2n) is 6.86. The van der Waals surface area contributed by atoms with Gasteiger partial charge in [0.05, 0.1) is 16.6 Å². The summed E-state index contributed by atoms with van der Waals surface area (Å²) in [6.07, 6.45) is 9.55. The predicted octanol–water partition coefficient (Wildman–Crippen LogP) is 2.09. The van der Waals surface area contributed by atoms with Crippen LogP contribution in [0.3, 0.4) is 0 Å².